The summed E-state index contributed by atoms with van der Waals surface area (Å²) in [7, 11) is 0. The quantitative estimate of drug-likeness (QED) is 0.584. The second-order valence-corrected chi connectivity index (χ2v) is 6.23. The summed E-state index contributed by atoms with van der Waals surface area (Å²) in [6.07, 6.45) is 6.54. The Morgan fingerprint density at radius 2 is 1.92 bits per heavy atom. The molecule has 0 aliphatic carbocycles. The van der Waals surface area contributed by atoms with Crippen molar-refractivity contribution >= 4 is 22.9 Å². The molecule has 2 aromatic carbocycles. The van der Waals surface area contributed by atoms with Gasteiger partial charge in [-0.05, 0) is 42.7 Å². The van der Waals surface area contributed by atoms with Crippen molar-refractivity contribution in [1.29, 1.82) is 0 Å². The molecule has 0 saturated carbocycles. The van der Waals surface area contributed by atoms with Gasteiger partial charge in [0, 0.05) is 0 Å². The first-order valence-corrected chi connectivity index (χ1v) is 8.49. The number of H-pyrrole nitrogens is 1. The number of aromatic amines is 1. The first kappa shape index (κ1) is 16.0. The topological polar surface area (TPSA) is 80.5 Å². The van der Waals surface area contributed by atoms with Crippen LogP contribution in [0.5, 0.6) is 0 Å². The van der Waals surface area contributed by atoms with Gasteiger partial charge in [0.1, 0.15) is 5.69 Å². The predicted octanol–water partition coefficient (Wildman–Crippen LogP) is 4.17. The number of anilines is 1. The Bertz CT molecular complexity index is 1080. The molecule has 26 heavy (non-hydrogen) atoms. The number of hydrogen-bond donors (Lipinski definition) is 2. The number of imidazole rings is 1. The zero-order valence-electron chi connectivity index (χ0n) is 14.5. The van der Waals surface area contributed by atoms with Crippen molar-refractivity contribution < 1.29 is 0 Å². The van der Waals surface area contributed by atoms with Crippen molar-refractivity contribution in [2.45, 2.75) is 13.3 Å². The second kappa shape index (κ2) is 6.80. The molecule has 4 rings (SSSR count). The fraction of sp³-hybridized carbons (Fsp3) is 0.0952. The summed E-state index contributed by atoms with van der Waals surface area (Å²) in [5.74, 6) is 0.995. The number of allylic oxidation sites excluding steroid dienone is 1. The zero-order valence-corrected chi connectivity index (χ0v) is 14.5. The van der Waals surface area contributed by atoms with Gasteiger partial charge in [-0.25, -0.2) is 15.0 Å². The van der Waals surface area contributed by atoms with Crippen LogP contribution in [0.3, 0.4) is 0 Å². The molecule has 0 bridgehead atoms. The Morgan fingerprint density at radius 1 is 1.08 bits per heavy atom. The minimum Gasteiger partial charge on any atom is -0.382 e. The largest absolute Gasteiger partial charge is 0.382 e. The third kappa shape index (κ3) is 3.32. The fourth-order valence-corrected chi connectivity index (χ4v) is 2.83. The minimum atomic E-state index is 0.362. The SMILES string of the molecule is Cc1ccc2nc(-c3nc(C=CCc4ccccc4)cnc3N)[nH]c2c1. The lowest BCUT2D eigenvalue weighted by atomic mass is 10.1. The first-order chi connectivity index (χ1) is 12.7. The third-order valence-electron chi connectivity index (χ3n) is 4.17. The number of rotatable bonds is 4. The Labute approximate surface area is 151 Å². The Kier molecular flexibility index (Phi) is 4.19. The number of aromatic nitrogens is 4. The molecule has 0 spiro atoms. The van der Waals surface area contributed by atoms with E-state index in [9.17, 15) is 0 Å². The number of nitrogen functional groups attached to an aromatic ring is 1. The van der Waals surface area contributed by atoms with E-state index >= 15 is 0 Å². The van der Waals surface area contributed by atoms with E-state index in [0.717, 1.165) is 23.1 Å². The van der Waals surface area contributed by atoms with Gasteiger partial charge in [-0.3, -0.25) is 0 Å². The average molecular weight is 341 g/mol. The maximum absolute atomic E-state index is 6.04. The molecule has 0 amide bonds. The molecule has 0 aliphatic rings. The predicted molar refractivity (Wildman–Crippen MR) is 105 cm³/mol. The van der Waals surface area contributed by atoms with E-state index in [1.54, 1.807) is 6.20 Å². The van der Waals surface area contributed by atoms with E-state index in [2.05, 4.69) is 44.2 Å². The standard InChI is InChI=1S/C21H19N5/c1-14-10-11-17-18(12-14)26-21(25-17)19-20(22)23-13-16(24-19)9-5-8-15-6-3-2-4-7-15/h2-7,9-13H,8H2,1H3,(H2,22,23)(H,25,26). The Hall–Kier alpha value is -3.47. The lowest BCUT2D eigenvalue weighted by Crippen LogP contribution is -1.99. The van der Waals surface area contributed by atoms with E-state index in [-0.39, 0.29) is 0 Å². The molecule has 0 atom stereocenters. The summed E-state index contributed by atoms with van der Waals surface area (Å²) in [6.45, 7) is 2.05. The van der Waals surface area contributed by atoms with Crippen LogP contribution in [0.15, 0.2) is 60.8 Å². The van der Waals surface area contributed by atoms with Gasteiger partial charge >= 0.3 is 0 Å². The van der Waals surface area contributed by atoms with Gasteiger partial charge in [0.2, 0.25) is 0 Å². The van der Waals surface area contributed by atoms with Gasteiger partial charge in [-0.15, -0.1) is 0 Å². The maximum atomic E-state index is 6.04. The summed E-state index contributed by atoms with van der Waals surface area (Å²) in [4.78, 5) is 16.8. The van der Waals surface area contributed by atoms with Crippen molar-refractivity contribution in [3.05, 3.63) is 77.6 Å². The molecule has 2 heterocycles. The number of nitrogens with one attached hydrogen (secondary N) is 1. The Morgan fingerprint density at radius 3 is 2.77 bits per heavy atom. The molecule has 128 valence electrons. The van der Waals surface area contributed by atoms with Gasteiger partial charge in [-0.1, -0.05) is 42.5 Å². The molecule has 5 heteroatoms. The van der Waals surface area contributed by atoms with Crippen LogP contribution in [-0.2, 0) is 6.42 Å². The number of nitrogens with two attached hydrogens (primary N) is 1. The van der Waals surface area contributed by atoms with Gasteiger partial charge in [0.05, 0.1) is 22.9 Å². The van der Waals surface area contributed by atoms with Crippen LogP contribution in [0.25, 0.3) is 28.6 Å². The van der Waals surface area contributed by atoms with E-state index in [4.69, 9.17) is 5.73 Å². The first-order valence-electron chi connectivity index (χ1n) is 8.49. The van der Waals surface area contributed by atoms with E-state index < -0.39 is 0 Å². The highest BCUT2D eigenvalue weighted by Gasteiger charge is 2.11. The summed E-state index contributed by atoms with van der Waals surface area (Å²) >= 11 is 0. The zero-order chi connectivity index (χ0) is 17.9. The molecule has 2 aromatic heterocycles. The highest BCUT2D eigenvalue weighted by Crippen LogP contribution is 2.23. The highest BCUT2D eigenvalue weighted by atomic mass is 15.0. The smallest absolute Gasteiger partial charge is 0.161 e. The van der Waals surface area contributed by atoms with Crippen molar-refractivity contribution in [3.63, 3.8) is 0 Å². The number of fused-ring (bicyclic) bond motifs is 1. The van der Waals surface area contributed by atoms with Gasteiger partial charge in [0.15, 0.2) is 11.6 Å². The van der Waals surface area contributed by atoms with Crippen LogP contribution < -0.4 is 5.73 Å². The summed E-state index contributed by atoms with van der Waals surface area (Å²) in [5, 5.41) is 0. The van der Waals surface area contributed by atoms with Crippen molar-refractivity contribution in [3.8, 4) is 11.5 Å². The van der Waals surface area contributed by atoms with Crippen LogP contribution in [0, 0.1) is 6.92 Å². The second-order valence-electron chi connectivity index (χ2n) is 6.23. The number of nitrogens with zero attached hydrogens (tertiary/aromatic N) is 3. The molecule has 0 fully saturated rings. The van der Waals surface area contributed by atoms with Crippen LogP contribution in [-0.4, -0.2) is 19.9 Å². The fourth-order valence-electron chi connectivity index (χ4n) is 2.83. The van der Waals surface area contributed by atoms with Crippen molar-refractivity contribution in [1.82, 2.24) is 19.9 Å². The summed E-state index contributed by atoms with van der Waals surface area (Å²) < 4.78 is 0. The van der Waals surface area contributed by atoms with E-state index in [0.29, 0.717) is 17.3 Å². The lowest BCUT2D eigenvalue weighted by Gasteiger charge is -2.02. The van der Waals surface area contributed by atoms with E-state index in [1.165, 1.54) is 11.1 Å². The molecule has 3 N–H and O–H groups in total. The summed E-state index contributed by atoms with van der Waals surface area (Å²) in [5.41, 5.74) is 11.6. The average Bonchev–Trinajstić information content (AvgIpc) is 3.07. The number of aryl methyl sites for hydroxylation is 1. The van der Waals surface area contributed by atoms with Crippen LogP contribution in [0.2, 0.25) is 0 Å². The van der Waals surface area contributed by atoms with Crippen molar-refractivity contribution in [2.24, 2.45) is 0 Å². The Balaban J connectivity index is 1.63. The maximum Gasteiger partial charge on any atom is 0.161 e. The van der Waals surface area contributed by atoms with Gasteiger partial charge in [0.25, 0.3) is 0 Å². The van der Waals surface area contributed by atoms with Crippen LogP contribution in [0.1, 0.15) is 16.8 Å². The van der Waals surface area contributed by atoms with Crippen LogP contribution in [0.4, 0.5) is 5.82 Å². The summed E-state index contributed by atoms with van der Waals surface area (Å²) in [6, 6.07) is 16.4. The van der Waals surface area contributed by atoms with Crippen molar-refractivity contribution in [2.75, 3.05) is 5.73 Å². The molecule has 4 aromatic rings. The molecule has 0 saturated heterocycles. The van der Waals surface area contributed by atoms with Gasteiger partial charge < -0.3 is 10.7 Å². The normalized spacial score (nSPS) is 11.4. The van der Waals surface area contributed by atoms with E-state index in [1.807, 2.05) is 43.3 Å². The molecule has 0 aliphatic heterocycles. The third-order valence-corrected chi connectivity index (χ3v) is 4.17. The van der Waals surface area contributed by atoms with Crippen LogP contribution >= 0.6 is 0 Å². The highest BCUT2D eigenvalue weighted by molar-refractivity contribution is 5.81. The number of hydrogen-bond acceptors (Lipinski definition) is 4. The molecular weight excluding hydrogens is 322 g/mol. The number of benzene rings is 2. The minimum absolute atomic E-state index is 0.362. The van der Waals surface area contributed by atoms with Gasteiger partial charge in [-0.2, -0.15) is 0 Å². The molecular formula is C21H19N5. The molecule has 0 unspecified atom stereocenters. The molecule has 5 nitrogen and oxygen atoms in total. The lowest BCUT2D eigenvalue weighted by molar-refractivity contribution is 1.15. The molecule has 0 radical (unpaired) electrons. The monoisotopic (exact) mass is 341 g/mol.